The number of likely N-dealkylation sites (N-methyl/N-ethyl adjacent to an activating group) is 1. The average Bonchev–Trinajstić information content (AvgIpc) is 2.92. The predicted octanol–water partition coefficient (Wildman–Crippen LogP) is 2.67. The number of aromatic nitrogens is 2. The number of aryl methyl sites for hydroxylation is 2. The Kier molecular flexibility index (Phi) is 6.15. The molecule has 0 aliphatic heterocycles. The third-order valence-corrected chi connectivity index (χ3v) is 4.11. The summed E-state index contributed by atoms with van der Waals surface area (Å²) in [6.45, 7) is 7.37. The molecule has 1 aromatic heterocycles. The molecule has 1 N–H and O–H groups in total. The summed E-state index contributed by atoms with van der Waals surface area (Å²) in [5.41, 5.74) is 2.45. The van der Waals surface area contributed by atoms with Crippen molar-refractivity contribution in [1.29, 1.82) is 0 Å². The lowest BCUT2D eigenvalue weighted by Gasteiger charge is -2.24. The molecule has 1 amide bonds. The Morgan fingerprint density at radius 3 is 2.50 bits per heavy atom. The van der Waals surface area contributed by atoms with Gasteiger partial charge < -0.3 is 9.88 Å². The van der Waals surface area contributed by atoms with Crippen LogP contribution < -0.4 is 5.32 Å². The lowest BCUT2D eigenvalue weighted by atomic mass is 10.0. The summed E-state index contributed by atoms with van der Waals surface area (Å²) in [6, 6.07) is 8.33. The van der Waals surface area contributed by atoms with Gasteiger partial charge in [-0.25, -0.2) is 4.98 Å². The first-order chi connectivity index (χ1) is 11.4. The summed E-state index contributed by atoms with van der Waals surface area (Å²) >= 11 is 0. The molecule has 0 aliphatic carbocycles. The number of carbonyl (C=O) groups excluding carboxylic acids is 1. The highest BCUT2D eigenvalue weighted by Gasteiger charge is 2.22. The third-order valence-electron chi connectivity index (χ3n) is 4.11. The number of nitrogens with one attached hydrogen (secondary N) is 1. The summed E-state index contributed by atoms with van der Waals surface area (Å²) in [6.07, 6.45) is 3.67. The number of rotatable bonds is 7. The molecular weight excluding hydrogens is 300 g/mol. The molecule has 2 aromatic rings. The first kappa shape index (κ1) is 18.2. The van der Waals surface area contributed by atoms with Gasteiger partial charge in [0.05, 0.1) is 12.6 Å². The average molecular weight is 328 g/mol. The van der Waals surface area contributed by atoms with Gasteiger partial charge in [0.15, 0.2) is 0 Å². The van der Waals surface area contributed by atoms with Gasteiger partial charge in [0.25, 0.3) is 0 Å². The molecule has 1 heterocycles. The van der Waals surface area contributed by atoms with Crippen LogP contribution in [0.1, 0.15) is 36.8 Å². The molecule has 5 nitrogen and oxygen atoms in total. The van der Waals surface area contributed by atoms with Crippen LogP contribution in [0.4, 0.5) is 0 Å². The zero-order valence-corrected chi connectivity index (χ0v) is 15.3. The molecule has 0 saturated heterocycles. The van der Waals surface area contributed by atoms with Gasteiger partial charge in [0.1, 0.15) is 5.82 Å². The SMILES string of the molecule is Cc1ccc(CN(C)CC(=O)N[C@H](c2nccn2C)C(C)C)cc1. The number of carbonyl (C=O) groups is 1. The van der Waals surface area contributed by atoms with Gasteiger partial charge in [-0.1, -0.05) is 43.7 Å². The standard InChI is InChI=1S/C19H28N4O/c1-14(2)18(19-20-10-11-23(19)5)21-17(24)13-22(4)12-16-8-6-15(3)7-9-16/h6-11,14,18H,12-13H2,1-5H3,(H,21,24)/t18-/m0/s1. The minimum atomic E-state index is -0.0784. The van der Waals surface area contributed by atoms with E-state index < -0.39 is 0 Å². The maximum absolute atomic E-state index is 12.4. The largest absolute Gasteiger partial charge is 0.345 e. The summed E-state index contributed by atoms with van der Waals surface area (Å²) in [7, 11) is 3.91. The molecular formula is C19H28N4O. The number of imidazole rings is 1. The fourth-order valence-corrected chi connectivity index (χ4v) is 2.73. The second-order valence-corrected chi connectivity index (χ2v) is 6.84. The van der Waals surface area contributed by atoms with Crippen LogP contribution in [0.5, 0.6) is 0 Å². The molecule has 0 spiro atoms. The highest BCUT2D eigenvalue weighted by Crippen LogP contribution is 2.19. The molecule has 1 atom stereocenters. The fourth-order valence-electron chi connectivity index (χ4n) is 2.73. The van der Waals surface area contributed by atoms with Crippen molar-refractivity contribution < 1.29 is 4.79 Å². The Bertz CT molecular complexity index is 660. The van der Waals surface area contributed by atoms with Crippen LogP contribution in [-0.2, 0) is 18.4 Å². The minimum absolute atomic E-state index is 0.0197. The first-order valence-electron chi connectivity index (χ1n) is 8.37. The molecule has 5 heteroatoms. The summed E-state index contributed by atoms with van der Waals surface area (Å²) in [5.74, 6) is 1.18. The second kappa shape index (κ2) is 8.11. The van der Waals surface area contributed by atoms with E-state index >= 15 is 0 Å². The van der Waals surface area contributed by atoms with E-state index in [9.17, 15) is 4.79 Å². The highest BCUT2D eigenvalue weighted by molar-refractivity contribution is 5.78. The van der Waals surface area contributed by atoms with Gasteiger partial charge in [0.2, 0.25) is 5.91 Å². The molecule has 0 unspecified atom stereocenters. The van der Waals surface area contributed by atoms with Crippen molar-refractivity contribution >= 4 is 5.91 Å². The smallest absolute Gasteiger partial charge is 0.234 e. The molecule has 2 rings (SSSR count). The normalized spacial score (nSPS) is 12.6. The maximum atomic E-state index is 12.4. The summed E-state index contributed by atoms with van der Waals surface area (Å²) < 4.78 is 1.96. The minimum Gasteiger partial charge on any atom is -0.345 e. The van der Waals surface area contributed by atoms with Crippen LogP contribution in [0, 0.1) is 12.8 Å². The van der Waals surface area contributed by atoms with Crippen LogP contribution >= 0.6 is 0 Å². The monoisotopic (exact) mass is 328 g/mol. The van der Waals surface area contributed by atoms with E-state index in [0.717, 1.165) is 12.4 Å². The van der Waals surface area contributed by atoms with Crippen molar-refractivity contribution in [3.05, 3.63) is 53.6 Å². The number of hydrogen-bond donors (Lipinski definition) is 1. The molecule has 0 bridgehead atoms. The molecule has 0 aliphatic rings. The van der Waals surface area contributed by atoms with Gasteiger partial charge in [-0.2, -0.15) is 0 Å². The molecule has 130 valence electrons. The number of hydrogen-bond acceptors (Lipinski definition) is 3. The van der Waals surface area contributed by atoms with E-state index in [4.69, 9.17) is 0 Å². The Morgan fingerprint density at radius 2 is 1.96 bits per heavy atom. The highest BCUT2D eigenvalue weighted by atomic mass is 16.2. The molecule has 0 radical (unpaired) electrons. The Labute approximate surface area is 144 Å². The molecule has 0 fully saturated rings. The molecule has 24 heavy (non-hydrogen) atoms. The number of nitrogens with zero attached hydrogens (tertiary/aromatic N) is 3. The zero-order valence-electron chi connectivity index (χ0n) is 15.3. The number of benzene rings is 1. The van der Waals surface area contributed by atoms with E-state index in [1.54, 1.807) is 6.20 Å². The van der Waals surface area contributed by atoms with Crippen molar-refractivity contribution in [2.75, 3.05) is 13.6 Å². The number of amides is 1. The zero-order chi connectivity index (χ0) is 17.7. The Hall–Kier alpha value is -2.14. The van der Waals surface area contributed by atoms with E-state index in [-0.39, 0.29) is 17.9 Å². The van der Waals surface area contributed by atoms with Crippen molar-refractivity contribution in [1.82, 2.24) is 19.8 Å². The lowest BCUT2D eigenvalue weighted by Crippen LogP contribution is -2.39. The fraction of sp³-hybridized carbons (Fsp3) is 0.474. The lowest BCUT2D eigenvalue weighted by molar-refractivity contribution is -0.123. The van der Waals surface area contributed by atoms with Crippen molar-refractivity contribution in [3.8, 4) is 0 Å². The maximum Gasteiger partial charge on any atom is 0.234 e. The van der Waals surface area contributed by atoms with E-state index in [0.29, 0.717) is 6.54 Å². The van der Waals surface area contributed by atoms with E-state index in [1.807, 2.05) is 29.8 Å². The summed E-state index contributed by atoms with van der Waals surface area (Å²) in [5, 5.41) is 3.12. The van der Waals surface area contributed by atoms with Gasteiger partial charge in [-0.15, -0.1) is 0 Å². The van der Waals surface area contributed by atoms with Gasteiger partial charge in [0, 0.05) is 26.0 Å². The van der Waals surface area contributed by atoms with Crippen LogP contribution in [0.2, 0.25) is 0 Å². The van der Waals surface area contributed by atoms with Crippen molar-refractivity contribution in [2.24, 2.45) is 13.0 Å². The van der Waals surface area contributed by atoms with Crippen LogP contribution in [0.3, 0.4) is 0 Å². The van der Waals surface area contributed by atoms with Crippen LogP contribution in [-0.4, -0.2) is 34.0 Å². The Morgan fingerprint density at radius 1 is 1.29 bits per heavy atom. The Balaban J connectivity index is 1.93. The summed E-state index contributed by atoms with van der Waals surface area (Å²) in [4.78, 5) is 18.8. The topological polar surface area (TPSA) is 50.2 Å². The quantitative estimate of drug-likeness (QED) is 0.850. The van der Waals surface area contributed by atoms with E-state index in [1.165, 1.54) is 11.1 Å². The van der Waals surface area contributed by atoms with Crippen molar-refractivity contribution in [2.45, 2.75) is 33.4 Å². The van der Waals surface area contributed by atoms with E-state index in [2.05, 4.69) is 55.3 Å². The predicted molar refractivity (Wildman–Crippen MR) is 96.4 cm³/mol. The second-order valence-electron chi connectivity index (χ2n) is 6.84. The van der Waals surface area contributed by atoms with Crippen LogP contribution in [0.25, 0.3) is 0 Å². The molecule has 1 aromatic carbocycles. The van der Waals surface area contributed by atoms with Crippen molar-refractivity contribution in [3.63, 3.8) is 0 Å². The van der Waals surface area contributed by atoms with Crippen LogP contribution in [0.15, 0.2) is 36.7 Å². The first-order valence-corrected chi connectivity index (χ1v) is 8.37. The van der Waals surface area contributed by atoms with Gasteiger partial charge in [-0.05, 0) is 25.5 Å². The third kappa shape index (κ3) is 4.93. The van der Waals surface area contributed by atoms with Gasteiger partial charge >= 0.3 is 0 Å². The van der Waals surface area contributed by atoms with Gasteiger partial charge in [-0.3, -0.25) is 9.69 Å². The molecule has 0 saturated carbocycles.